The first kappa shape index (κ1) is 22.0. The van der Waals surface area contributed by atoms with Crippen LogP contribution in [0.4, 0.5) is 17.1 Å². The van der Waals surface area contributed by atoms with Crippen molar-refractivity contribution in [3.05, 3.63) is 57.6 Å². The molecule has 0 saturated carbocycles. The molecule has 11 heteroatoms. The zero-order valence-corrected chi connectivity index (χ0v) is 17.1. The van der Waals surface area contributed by atoms with Crippen molar-refractivity contribution >= 4 is 46.4 Å². The number of amides is 2. The largest absolute Gasteiger partial charge is 0.495 e. The Labute approximate surface area is 181 Å². The second-order valence-corrected chi connectivity index (χ2v) is 7.12. The first-order chi connectivity index (χ1) is 14.8. The molecule has 1 fully saturated rings. The molecule has 1 atom stereocenters. The Bertz CT molecular complexity index is 1040. The summed E-state index contributed by atoms with van der Waals surface area (Å²) in [6, 6.07) is 10.2. The van der Waals surface area contributed by atoms with E-state index >= 15 is 0 Å². The smallest absolute Gasteiger partial charge is 0.311 e. The Hall–Kier alpha value is -3.66. The summed E-state index contributed by atoms with van der Waals surface area (Å²) >= 11 is 5.91. The number of methoxy groups -OCH3 is 1. The highest BCUT2D eigenvalue weighted by molar-refractivity contribution is 6.31. The maximum Gasteiger partial charge on any atom is 0.311 e. The van der Waals surface area contributed by atoms with E-state index in [1.54, 1.807) is 18.2 Å². The third kappa shape index (κ3) is 5.28. The van der Waals surface area contributed by atoms with Gasteiger partial charge >= 0.3 is 5.97 Å². The van der Waals surface area contributed by atoms with Crippen LogP contribution in [0.2, 0.25) is 5.02 Å². The van der Waals surface area contributed by atoms with Gasteiger partial charge < -0.3 is 19.7 Å². The molecule has 3 rings (SSSR count). The number of anilines is 2. The molecule has 2 aromatic rings. The van der Waals surface area contributed by atoms with E-state index in [-0.39, 0.29) is 24.6 Å². The molecule has 31 heavy (non-hydrogen) atoms. The average molecular weight is 448 g/mol. The summed E-state index contributed by atoms with van der Waals surface area (Å²) in [5.74, 6) is -2.09. The molecule has 2 aromatic carbocycles. The number of non-ortho nitro benzene ring substituents is 1. The van der Waals surface area contributed by atoms with Crippen molar-refractivity contribution in [2.75, 3.05) is 30.5 Å². The average Bonchev–Trinajstić information content (AvgIpc) is 3.14. The lowest BCUT2D eigenvalue weighted by Crippen LogP contribution is -2.28. The quantitative estimate of drug-likeness (QED) is 0.392. The number of esters is 1. The normalized spacial score (nSPS) is 15.5. The van der Waals surface area contributed by atoms with E-state index in [9.17, 15) is 24.5 Å². The molecule has 162 valence electrons. The molecule has 0 bridgehead atoms. The van der Waals surface area contributed by atoms with Gasteiger partial charge in [0, 0.05) is 30.1 Å². The molecule has 0 aliphatic carbocycles. The molecule has 0 radical (unpaired) electrons. The predicted octanol–water partition coefficient (Wildman–Crippen LogP) is 2.79. The number of rotatable bonds is 7. The van der Waals surface area contributed by atoms with Crippen molar-refractivity contribution in [2.45, 2.75) is 6.42 Å². The minimum atomic E-state index is -0.791. The molecule has 0 aromatic heterocycles. The number of nitrogens with zero attached hydrogens (tertiary/aromatic N) is 2. The summed E-state index contributed by atoms with van der Waals surface area (Å²) in [7, 11) is 1.43. The molecular weight excluding hydrogens is 430 g/mol. The fraction of sp³-hybridized carbons (Fsp3) is 0.250. The van der Waals surface area contributed by atoms with Gasteiger partial charge in [0.1, 0.15) is 5.75 Å². The van der Waals surface area contributed by atoms with Crippen LogP contribution in [0.1, 0.15) is 6.42 Å². The van der Waals surface area contributed by atoms with E-state index in [1.165, 1.54) is 36.3 Å². The number of halogens is 1. The van der Waals surface area contributed by atoms with Crippen molar-refractivity contribution in [1.82, 2.24) is 0 Å². The van der Waals surface area contributed by atoms with Gasteiger partial charge in [-0.2, -0.15) is 0 Å². The van der Waals surface area contributed by atoms with Crippen molar-refractivity contribution in [2.24, 2.45) is 5.92 Å². The maximum atomic E-state index is 12.3. The summed E-state index contributed by atoms with van der Waals surface area (Å²) in [6.07, 6.45) is -0.120. The Balaban J connectivity index is 1.57. The minimum Gasteiger partial charge on any atom is -0.495 e. The van der Waals surface area contributed by atoms with Crippen LogP contribution in [0, 0.1) is 16.0 Å². The zero-order chi connectivity index (χ0) is 22.5. The van der Waals surface area contributed by atoms with Crippen LogP contribution in [-0.2, 0) is 19.1 Å². The van der Waals surface area contributed by atoms with Crippen LogP contribution in [0.25, 0.3) is 0 Å². The highest BCUT2D eigenvalue weighted by Crippen LogP contribution is 2.29. The first-order valence-corrected chi connectivity index (χ1v) is 9.51. The lowest BCUT2D eigenvalue weighted by Gasteiger charge is -2.16. The SMILES string of the molecule is COc1ccc(Cl)cc1NC(=O)COC(=O)C1CC(=O)N(c2cccc([N+](=O)[O-])c2)C1. The lowest BCUT2D eigenvalue weighted by molar-refractivity contribution is -0.384. The van der Waals surface area contributed by atoms with Gasteiger partial charge in [0.05, 0.1) is 29.3 Å². The van der Waals surface area contributed by atoms with Crippen molar-refractivity contribution < 1.29 is 28.8 Å². The standard InChI is InChI=1S/C20H18ClN3O7/c1-30-17-6-5-13(21)8-16(17)22-18(25)11-31-20(27)12-7-19(26)23(10-12)14-3-2-4-15(9-14)24(28)29/h2-6,8-9,12H,7,10-11H2,1H3,(H,22,25). The number of nitro benzene ring substituents is 1. The number of nitro groups is 1. The van der Waals surface area contributed by atoms with Gasteiger partial charge in [0.15, 0.2) is 6.61 Å². The molecule has 10 nitrogen and oxygen atoms in total. The van der Waals surface area contributed by atoms with Gasteiger partial charge in [-0.25, -0.2) is 0 Å². The minimum absolute atomic E-state index is 0.00255. The number of nitrogens with one attached hydrogen (secondary N) is 1. The highest BCUT2D eigenvalue weighted by Gasteiger charge is 2.36. The summed E-state index contributed by atoms with van der Waals surface area (Å²) < 4.78 is 10.2. The van der Waals surface area contributed by atoms with E-state index in [0.29, 0.717) is 22.1 Å². The molecule has 0 spiro atoms. The van der Waals surface area contributed by atoms with Crippen LogP contribution in [-0.4, -0.2) is 43.0 Å². The second kappa shape index (κ2) is 9.43. The van der Waals surface area contributed by atoms with Gasteiger partial charge in [-0.1, -0.05) is 17.7 Å². The molecule has 1 saturated heterocycles. The number of carbonyl (C=O) groups excluding carboxylic acids is 3. The fourth-order valence-corrected chi connectivity index (χ4v) is 3.28. The van der Waals surface area contributed by atoms with Crippen LogP contribution in [0.15, 0.2) is 42.5 Å². The summed E-state index contributed by atoms with van der Waals surface area (Å²) in [5.41, 5.74) is 0.480. The Morgan fingerprint density at radius 2 is 2.06 bits per heavy atom. The molecule has 1 heterocycles. The Kier molecular flexibility index (Phi) is 6.71. The lowest BCUT2D eigenvalue weighted by atomic mass is 10.1. The topological polar surface area (TPSA) is 128 Å². The number of ether oxygens (including phenoxy) is 2. The van der Waals surface area contributed by atoms with Crippen LogP contribution < -0.4 is 15.0 Å². The summed E-state index contributed by atoms with van der Waals surface area (Å²) in [4.78, 5) is 48.4. The molecule has 1 unspecified atom stereocenters. The molecule has 1 aliphatic rings. The van der Waals surface area contributed by atoms with E-state index < -0.39 is 29.3 Å². The predicted molar refractivity (Wildman–Crippen MR) is 111 cm³/mol. The van der Waals surface area contributed by atoms with Gasteiger partial charge in [0.2, 0.25) is 5.91 Å². The summed E-state index contributed by atoms with van der Waals surface area (Å²) in [5, 5.41) is 13.9. The Morgan fingerprint density at radius 3 is 2.77 bits per heavy atom. The monoisotopic (exact) mass is 447 g/mol. The Morgan fingerprint density at radius 1 is 1.29 bits per heavy atom. The summed E-state index contributed by atoms with van der Waals surface area (Å²) in [6.45, 7) is -0.557. The number of hydrogen-bond acceptors (Lipinski definition) is 7. The van der Waals surface area contributed by atoms with Crippen molar-refractivity contribution in [3.63, 3.8) is 0 Å². The van der Waals surface area contributed by atoms with Crippen molar-refractivity contribution in [3.8, 4) is 5.75 Å². The maximum absolute atomic E-state index is 12.3. The van der Waals surface area contributed by atoms with Crippen molar-refractivity contribution in [1.29, 1.82) is 0 Å². The number of carbonyl (C=O) groups is 3. The van der Waals surface area contributed by atoms with Crippen LogP contribution in [0.3, 0.4) is 0 Å². The third-order valence-electron chi connectivity index (χ3n) is 4.59. The zero-order valence-electron chi connectivity index (χ0n) is 16.4. The van der Waals surface area contributed by atoms with Crippen LogP contribution in [0.5, 0.6) is 5.75 Å². The molecule has 1 aliphatic heterocycles. The fourth-order valence-electron chi connectivity index (χ4n) is 3.11. The second-order valence-electron chi connectivity index (χ2n) is 6.68. The molecule has 1 N–H and O–H groups in total. The first-order valence-electron chi connectivity index (χ1n) is 9.13. The number of benzene rings is 2. The third-order valence-corrected chi connectivity index (χ3v) is 4.83. The molecule has 2 amide bonds. The van der Waals surface area contributed by atoms with E-state index in [2.05, 4.69) is 5.32 Å². The number of hydrogen-bond donors (Lipinski definition) is 1. The van der Waals surface area contributed by atoms with E-state index in [1.807, 2.05) is 0 Å². The van der Waals surface area contributed by atoms with Crippen LogP contribution >= 0.6 is 11.6 Å². The van der Waals surface area contributed by atoms with Gasteiger partial charge in [0.25, 0.3) is 11.6 Å². The molecular formula is C20H18ClN3O7. The van der Waals surface area contributed by atoms with Gasteiger partial charge in [-0.3, -0.25) is 24.5 Å². The van der Waals surface area contributed by atoms with E-state index in [4.69, 9.17) is 21.1 Å². The van der Waals surface area contributed by atoms with E-state index in [0.717, 1.165) is 0 Å². The van der Waals surface area contributed by atoms with Gasteiger partial charge in [-0.05, 0) is 24.3 Å². The van der Waals surface area contributed by atoms with Gasteiger partial charge in [-0.15, -0.1) is 0 Å². The highest BCUT2D eigenvalue weighted by atomic mass is 35.5.